The van der Waals surface area contributed by atoms with Crippen molar-refractivity contribution in [3.8, 4) is 11.5 Å². The minimum Gasteiger partial charge on any atom is -0.530 e. The number of aromatic nitrogens is 2. The van der Waals surface area contributed by atoms with Crippen LogP contribution in [-0.2, 0) is 16.1 Å². The van der Waals surface area contributed by atoms with Crippen LogP contribution in [0.3, 0.4) is 0 Å². The maximum Gasteiger partial charge on any atom is 0.137 e. The third-order valence-electron chi connectivity index (χ3n) is 7.01. The fourth-order valence-electron chi connectivity index (χ4n) is 4.92. The van der Waals surface area contributed by atoms with Crippen molar-refractivity contribution in [2.45, 2.75) is 31.5 Å². The number of fused-ring (bicyclic) bond motifs is 1. The number of carboxylic acid groups (broad SMARTS) is 1. The van der Waals surface area contributed by atoms with Crippen molar-refractivity contribution in [3.05, 3.63) is 90.3 Å². The number of nitrogens with zero attached hydrogens (tertiary/aromatic N) is 2. The second-order valence-electron chi connectivity index (χ2n) is 9.76. The average Bonchev–Trinajstić information content (AvgIpc) is 3.46. The number of hydrogen-bond acceptors (Lipinski definition) is 7. The van der Waals surface area contributed by atoms with Crippen molar-refractivity contribution in [3.63, 3.8) is 0 Å². The molecule has 40 heavy (non-hydrogen) atoms. The van der Waals surface area contributed by atoms with Gasteiger partial charge in [0.2, 0.25) is 0 Å². The Labute approximate surface area is 233 Å². The van der Waals surface area contributed by atoms with Crippen LogP contribution < -0.4 is 14.6 Å². The fourth-order valence-corrected chi connectivity index (χ4v) is 4.92. The van der Waals surface area contributed by atoms with Gasteiger partial charge < -0.3 is 38.7 Å². The van der Waals surface area contributed by atoms with E-state index in [1.54, 1.807) is 6.33 Å². The van der Waals surface area contributed by atoms with Gasteiger partial charge in [0.05, 0.1) is 49.9 Å². The van der Waals surface area contributed by atoms with Gasteiger partial charge in [-0.25, -0.2) is 4.98 Å². The Morgan fingerprint density at radius 1 is 0.950 bits per heavy atom. The first-order valence-electron chi connectivity index (χ1n) is 13.6. The van der Waals surface area contributed by atoms with Crippen LogP contribution in [-0.4, -0.2) is 66.6 Å². The molecule has 1 amide bonds. The van der Waals surface area contributed by atoms with Crippen molar-refractivity contribution in [2.75, 3.05) is 39.5 Å². The van der Waals surface area contributed by atoms with E-state index in [1.807, 2.05) is 72.8 Å². The number of amides is 1. The molecule has 1 fully saturated rings. The molecule has 0 radical (unpaired) electrons. The lowest BCUT2D eigenvalue weighted by molar-refractivity contribution is -0.268. The van der Waals surface area contributed by atoms with Crippen LogP contribution in [0.15, 0.2) is 79.1 Å². The molecule has 0 saturated carbocycles. The van der Waals surface area contributed by atoms with Gasteiger partial charge in [0, 0.05) is 31.5 Å². The molecule has 2 heterocycles. The summed E-state index contributed by atoms with van der Waals surface area (Å²) in [5.74, 6) is 1.56. The molecule has 9 nitrogen and oxygen atoms in total. The Morgan fingerprint density at radius 2 is 1.75 bits per heavy atom. The van der Waals surface area contributed by atoms with Crippen LogP contribution in [0.25, 0.3) is 11.0 Å². The van der Waals surface area contributed by atoms with Crippen molar-refractivity contribution in [2.24, 2.45) is 0 Å². The van der Waals surface area contributed by atoms with E-state index in [4.69, 9.17) is 18.9 Å². The van der Waals surface area contributed by atoms with E-state index < -0.39 is 6.09 Å². The number of carbonyl (C=O) groups is 1. The van der Waals surface area contributed by atoms with Crippen LogP contribution in [0.2, 0.25) is 0 Å². The van der Waals surface area contributed by atoms with Gasteiger partial charge >= 0.3 is 0 Å². The van der Waals surface area contributed by atoms with Crippen LogP contribution in [0.4, 0.5) is 4.79 Å². The van der Waals surface area contributed by atoms with Crippen molar-refractivity contribution >= 4 is 17.1 Å². The maximum atomic E-state index is 11.5. The molecule has 2 atom stereocenters. The van der Waals surface area contributed by atoms with E-state index in [1.165, 1.54) is 4.90 Å². The molecule has 1 N–H and O–H groups in total. The van der Waals surface area contributed by atoms with Crippen molar-refractivity contribution in [1.29, 1.82) is 0 Å². The molecule has 210 valence electrons. The second-order valence-corrected chi connectivity index (χ2v) is 9.76. The number of nitrogens with one attached hydrogen (secondary N) is 1. The van der Waals surface area contributed by atoms with E-state index in [2.05, 4.69) is 9.97 Å². The van der Waals surface area contributed by atoms with Crippen LogP contribution in [0.1, 0.15) is 29.9 Å². The zero-order chi connectivity index (χ0) is 27.6. The SMILES string of the molecule is O=C([O-])N1CCC(c2ccc(OCCCOCc3ccccc3)cc2)C(OCCOc2ccc3nc[nH]c3c2)C1. The number of H-pyrrole nitrogens is 1. The highest BCUT2D eigenvalue weighted by atomic mass is 16.5. The Hall–Kier alpha value is -4.08. The summed E-state index contributed by atoms with van der Waals surface area (Å²) in [6, 6.07) is 23.7. The number of likely N-dealkylation sites (tertiary alicyclic amines) is 1. The minimum absolute atomic E-state index is 0.0531. The first-order chi connectivity index (χ1) is 19.7. The molecule has 0 aliphatic carbocycles. The van der Waals surface area contributed by atoms with Crippen LogP contribution in [0, 0.1) is 0 Å². The summed E-state index contributed by atoms with van der Waals surface area (Å²) >= 11 is 0. The highest BCUT2D eigenvalue weighted by molar-refractivity contribution is 5.75. The molecule has 5 rings (SSSR count). The van der Waals surface area contributed by atoms with Gasteiger partial charge in [-0.1, -0.05) is 42.5 Å². The quantitative estimate of drug-likeness (QED) is 0.252. The van der Waals surface area contributed by atoms with Gasteiger partial charge in [-0.2, -0.15) is 0 Å². The summed E-state index contributed by atoms with van der Waals surface area (Å²) in [4.78, 5) is 20.1. The smallest absolute Gasteiger partial charge is 0.137 e. The number of aromatic amines is 1. The van der Waals surface area contributed by atoms with E-state index >= 15 is 0 Å². The van der Waals surface area contributed by atoms with Gasteiger partial charge in [0.15, 0.2) is 0 Å². The number of ether oxygens (including phenoxy) is 4. The summed E-state index contributed by atoms with van der Waals surface area (Å²) in [6.07, 6.45) is 1.61. The summed E-state index contributed by atoms with van der Waals surface area (Å²) < 4.78 is 23.6. The van der Waals surface area contributed by atoms with Crippen LogP contribution in [0.5, 0.6) is 11.5 Å². The summed E-state index contributed by atoms with van der Waals surface area (Å²) in [6.45, 7) is 3.14. The van der Waals surface area contributed by atoms with Crippen LogP contribution >= 0.6 is 0 Å². The number of hydrogen-bond donors (Lipinski definition) is 1. The summed E-state index contributed by atoms with van der Waals surface area (Å²) in [5, 5.41) is 11.5. The lowest BCUT2D eigenvalue weighted by Crippen LogP contribution is -2.51. The molecule has 1 aliphatic heterocycles. The van der Waals surface area contributed by atoms with Gasteiger partial charge in [0.1, 0.15) is 24.2 Å². The standard InChI is InChI=1S/C31H35N3O6/c35-31(36)34-14-13-27(30(20-34)40-18-17-39-26-11-12-28-29(19-26)33-22-32-28)24-7-9-25(10-8-24)38-16-4-15-37-21-23-5-2-1-3-6-23/h1-3,5-12,19,22,27,30H,4,13-18,20-21H2,(H,32,33)(H,35,36)/p-1. The topological polar surface area (TPSA) is 109 Å². The molecule has 0 bridgehead atoms. The summed E-state index contributed by atoms with van der Waals surface area (Å²) in [5.41, 5.74) is 4.03. The molecule has 2 unspecified atom stereocenters. The van der Waals surface area contributed by atoms with E-state index in [9.17, 15) is 9.90 Å². The highest BCUT2D eigenvalue weighted by Gasteiger charge is 2.31. The Balaban J connectivity index is 1.08. The molecule has 0 spiro atoms. The molecule has 1 saturated heterocycles. The lowest BCUT2D eigenvalue weighted by Gasteiger charge is -2.40. The van der Waals surface area contributed by atoms with E-state index in [0.717, 1.165) is 40.1 Å². The average molecular weight is 545 g/mol. The van der Waals surface area contributed by atoms with Gasteiger partial charge in [-0.3, -0.25) is 0 Å². The Kier molecular flexibility index (Phi) is 9.50. The predicted molar refractivity (Wildman–Crippen MR) is 148 cm³/mol. The van der Waals surface area contributed by atoms with Crippen molar-refractivity contribution in [1.82, 2.24) is 14.9 Å². The zero-order valence-electron chi connectivity index (χ0n) is 22.4. The number of benzene rings is 3. The lowest BCUT2D eigenvalue weighted by atomic mass is 9.87. The first kappa shape index (κ1) is 27.5. The monoisotopic (exact) mass is 544 g/mol. The summed E-state index contributed by atoms with van der Waals surface area (Å²) in [7, 11) is 0. The Morgan fingerprint density at radius 3 is 2.58 bits per heavy atom. The zero-order valence-corrected chi connectivity index (χ0v) is 22.4. The molecular formula is C31H34N3O6-. The number of rotatable bonds is 13. The largest absolute Gasteiger partial charge is 0.530 e. The third kappa shape index (κ3) is 7.52. The molecular weight excluding hydrogens is 510 g/mol. The fraction of sp³-hybridized carbons (Fsp3) is 0.355. The first-order valence-corrected chi connectivity index (χ1v) is 13.6. The molecule has 9 heteroatoms. The van der Waals surface area contributed by atoms with Gasteiger partial charge in [0.25, 0.3) is 0 Å². The minimum atomic E-state index is -1.17. The second kappa shape index (κ2) is 13.8. The molecule has 3 aromatic carbocycles. The van der Waals surface area contributed by atoms with Crippen molar-refractivity contribution < 1.29 is 28.8 Å². The third-order valence-corrected chi connectivity index (χ3v) is 7.01. The number of imidazole rings is 1. The highest BCUT2D eigenvalue weighted by Crippen LogP contribution is 2.31. The van der Waals surface area contributed by atoms with Gasteiger partial charge in [-0.05, 0) is 41.8 Å². The molecule has 1 aromatic heterocycles. The normalized spacial score (nSPS) is 17.1. The predicted octanol–water partition coefficient (Wildman–Crippen LogP) is 4.15. The Bertz CT molecular complexity index is 1340. The van der Waals surface area contributed by atoms with E-state index in [0.29, 0.717) is 46.0 Å². The number of carbonyl (C=O) groups excluding carboxylic acids is 1. The van der Waals surface area contributed by atoms with E-state index in [-0.39, 0.29) is 18.6 Å². The van der Waals surface area contributed by atoms with Gasteiger partial charge in [-0.15, -0.1) is 0 Å². The molecule has 4 aromatic rings. The maximum absolute atomic E-state index is 11.5. The molecule has 1 aliphatic rings. The number of piperidine rings is 1.